The third-order valence-corrected chi connectivity index (χ3v) is 6.58. The van der Waals surface area contributed by atoms with Crippen molar-refractivity contribution in [3.05, 3.63) is 138 Å². The minimum absolute atomic E-state index is 0.139. The summed E-state index contributed by atoms with van der Waals surface area (Å²) in [4.78, 5) is 51.4. The lowest BCUT2D eigenvalue weighted by atomic mass is 10.1. The zero-order valence-electron chi connectivity index (χ0n) is 23.7. The fraction of sp³-hybridized carbons (Fsp3) is 0. The number of phenols is 1. The topological polar surface area (TPSA) is 189 Å². The molecule has 9 N–H and O–H groups in total. The number of nitrogens with two attached hydrogens (primary N) is 2. The molecule has 0 aliphatic rings. The van der Waals surface area contributed by atoms with Crippen LogP contribution in [0.1, 0.15) is 41.4 Å². The van der Waals surface area contributed by atoms with Crippen LogP contribution in [0.2, 0.25) is 0 Å². The average molecular weight is 601 g/mol. The molecule has 0 aliphatic heterocycles. The average Bonchev–Trinajstić information content (AvgIpc) is 3.01. The van der Waals surface area contributed by atoms with Crippen LogP contribution in [-0.4, -0.2) is 28.7 Å². The summed E-state index contributed by atoms with van der Waals surface area (Å²) in [6, 6.07) is 30.1. The molecule has 0 saturated carbocycles. The number of benzene rings is 5. The molecule has 0 bridgehead atoms. The number of hydrogen-bond donors (Lipinski definition) is 7. The van der Waals surface area contributed by atoms with E-state index < -0.39 is 17.6 Å². The highest BCUT2D eigenvalue weighted by atomic mass is 16.3. The van der Waals surface area contributed by atoms with E-state index in [1.54, 1.807) is 97.1 Å². The van der Waals surface area contributed by atoms with Gasteiger partial charge < -0.3 is 37.8 Å². The molecule has 0 saturated heterocycles. The van der Waals surface area contributed by atoms with Crippen molar-refractivity contribution >= 4 is 57.8 Å². The molecule has 4 amide bonds. The molecule has 11 heteroatoms. The predicted octanol–water partition coefficient (Wildman–Crippen LogP) is 5.57. The fourth-order valence-electron chi connectivity index (χ4n) is 4.42. The van der Waals surface area contributed by atoms with Gasteiger partial charge in [0.05, 0.1) is 11.1 Å². The molecular weight excluding hydrogens is 572 g/mol. The van der Waals surface area contributed by atoms with Gasteiger partial charge in [0.15, 0.2) is 0 Å². The Morgan fingerprint density at radius 1 is 0.444 bits per heavy atom. The Morgan fingerprint density at radius 2 is 0.778 bits per heavy atom. The molecule has 0 unspecified atom stereocenters. The first-order valence-electron chi connectivity index (χ1n) is 13.6. The highest BCUT2D eigenvalue weighted by Crippen LogP contribution is 2.26. The Bertz CT molecular complexity index is 1810. The molecule has 0 spiro atoms. The number of anilines is 6. The van der Waals surface area contributed by atoms with E-state index in [4.69, 9.17) is 11.5 Å². The number of nitrogen functional groups attached to an aromatic ring is 2. The van der Waals surface area contributed by atoms with E-state index in [1.165, 1.54) is 18.2 Å². The summed E-state index contributed by atoms with van der Waals surface area (Å²) < 4.78 is 0. The van der Waals surface area contributed by atoms with E-state index in [1.807, 2.05) is 0 Å². The van der Waals surface area contributed by atoms with Gasteiger partial charge in [-0.2, -0.15) is 0 Å². The SMILES string of the molecule is Nc1cccc(C(=O)Nc2cccc(NC(=O)c3cccc(C(=O)Nc4cccc(NC(=O)c5cccc(N)c5)c4)c3O)c2)c1. The summed E-state index contributed by atoms with van der Waals surface area (Å²) in [5.41, 5.74) is 14.4. The molecule has 11 nitrogen and oxygen atoms in total. The van der Waals surface area contributed by atoms with Crippen LogP contribution >= 0.6 is 0 Å². The second-order valence-corrected chi connectivity index (χ2v) is 9.93. The number of amides is 4. The summed E-state index contributed by atoms with van der Waals surface area (Å²) in [5, 5.41) is 21.7. The second kappa shape index (κ2) is 13.1. The van der Waals surface area contributed by atoms with Gasteiger partial charge in [-0.3, -0.25) is 19.2 Å². The number of aromatic hydroxyl groups is 1. The van der Waals surface area contributed by atoms with Crippen LogP contribution in [0.3, 0.4) is 0 Å². The van der Waals surface area contributed by atoms with Gasteiger partial charge in [0, 0.05) is 45.3 Å². The number of phenolic OH excluding ortho intramolecular Hbond substituents is 1. The van der Waals surface area contributed by atoms with Crippen molar-refractivity contribution in [2.45, 2.75) is 0 Å². The summed E-state index contributed by atoms with van der Waals surface area (Å²) >= 11 is 0. The van der Waals surface area contributed by atoms with Crippen molar-refractivity contribution in [2.75, 3.05) is 32.7 Å². The Kier molecular flexibility index (Phi) is 8.71. The zero-order valence-corrected chi connectivity index (χ0v) is 23.7. The number of carbonyl (C=O) groups is 4. The maximum absolute atomic E-state index is 13.1. The van der Waals surface area contributed by atoms with Crippen LogP contribution in [0.5, 0.6) is 5.75 Å². The maximum atomic E-state index is 13.1. The maximum Gasteiger partial charge on any atom is 0.259 e. The third-order valence-electron chi connectivity index (χ3n) is 6.58. The smallest absolute Gasteiger partial charge is 0.259 e. The number of carbonyl (C=O) groups excluding carboxylic acids is 4. The Balaban J connectivity index is 1.25. The molecule has 45 heavy (non-hydrogen) atoms. The van der Waals surface area contributed by atoms with Crippen LogP contribution in [0.4, 0.5) is 34.1 Å². The van der Waals surface area contributed by atoms with Gasteiger partial charge in [0.25, 0.3) is 23.6 Å². The molecule has 5 aromatic carbocycles. The van der Waals surface area contributed by atoms with Gasteiger partial charge in [-0.25, -0.2) is 0 Å². The quantitative estimate of drug-likeness (QED) is 0.113. The highest BCUT2D eigenvalue weighted by Gasteiger charge is 2.19. The lowest BCUT2D eigenvalue weighted by Crippen LogP contribution is -2.17. The van der Waals surface area contributed by atoms with Crippen LogP contribution in [-0.2, 0) is 0 Å². The van der Waals surface area contributed by atoms with E-state index in [2.05, 4.69) is 21.3 Å². The summed E-state index contributed by atoms with van der Waals surface area (Å²) in [5.74, 6) is -2.63. The third kappa shape index (κ3) is 7.43. The van der Waals surface area contributed by atoms with Crippen molar-refractivity contribution in [1.29, 1.82) is 0 Å². The molecule has 0 radical (unpaired) electrons. The second-order valence-electron chi connectivity index (χ2n) is 9.93. The first-order valence-corrected chi connectivity index (χ1v) is 13.6. The fourth-order valence-corrected chi connectivity index (χ4v) is 4.42. The predicted molar refractivity (Wildman–Crippen MR) is 175 cm³/mol. The molecule has 5 aromatic rings. The van der Waals surface area contributed by atoms with Crippen molar-refractivity contribution in [1.82, 2.24) is 0 Å². The Labute approximate surface area is 257 Å². The molecular formula is C34H28N6O5. The first-order chi connectivity index (χ1) is 21.7. The van der Waals surface area contributed by atoms with Gasteiger partial charge in [-0.1, -0.05) is 30.3 Å². The molecule has 224 valence electrons. The highest BCUT2D eigenvalue weighted by molar-refractivity contribution is 6.12. The van der Waals surface area contributed by atoms with E-state index in [-0.39, 0.29) is 22.9 Å². The van der Waals surface area contributed by atoms with E-state index in [0.29, 0.717) is 45.3 Å². The van der Waals surface area contributed by atoms with Gasteiger partial charge >= 0.3 is 0 Å². The molecule has 0 aromatic heterocycles. The molecule has 0 aliphatic carbocycles. The number of rotatable bonds is 8. The normalized spacial score (nSPS) is 10.4. The molecule has 0 heterocycles. The first kappa shape index (κ1) is 29.9. The minimum Gasteiger partial charge on any atom is -0.506 e. The van der Waals surface area contributed by atoms with Crippen LogP contribution in [0.15, 0.2) is 115 Å². The lowest BCUT2D eigenvalue weighted by Gasteiger charge is -2.13. The van der Waals surface area contributed by atoms with Gasteiger partial charge in [0.2, 0.25) is 0 Å². The minimum atomic E-state index is -0.673. The lowest BCUT2D eigenvalue weighted by molar-refractivity contribution is 0.101. The standard InChI is InChI=1S/C34H28N6O5/c35-22-8-1-6-20(16-22)31(42)37-24-10-3-12-26(18-24)39-33(44)28-14-5-15-29(30(28)41)34(45)40-27-13-4-11-25(19-27)38-32(43)21-7-2-9-23(36)17-21/h1-19,41H,35-36H2,(H,37,42)(H,38,43)(H,39,44)(H,40,45). The molecule has 0 fully saturated rings. The molecule has 5 rings (SSSR count). The Hall–Kier alpha value is -6.62. The summed E-state index contributed by atoms with van der Waals surface area (Å²) in [6.45, 7) is 0. The van der Waals surface area contributed by atoms with Crippen LogP contribution < -0.4 is 32.7 Å². The van der Waals surface area contributed by atoms with Gasteiger partial charge in [-0.05, 0) is 84.9 Å². The van der Waals surface area contributed by atoms with Crippen molar-refractivity contribution in [3.63, 3.8) is 0 Å². The monoisotopic (exact) mass is 600 g/mol. The zero-order chi connectivity index (χ0) is 31.9. The van der Waals surface area contributed by atoms with Crippen LogP contribution in [0, 0.1) is 0 Å². The van der Waals surface area contributed by atoms with E-state index in [0.717, 1.165) is 0 Å². The summed E-state index contributed by atoms with van der Waals surface area (Å²) in [6.07, 6.45) is 0. The Morgan fingerprint density at radius 3 is 1.16 bits per heavy atom. The number of para-hydroxylation sites is 1. The van der Waals surface area contributed by atoms with Crippen molar-refractivity contribution < 1.29 is 24.3 Å². The van der Waals surface area contributed by atoms with E-state index >= 15 is 0 Å². The van der Waals surface area contributed by atoms with Crippen molar-refractivity contribution in [2.24, 2.45) is 0 Å². The number of nitrogens with one attached hydrogen (secondary N) is 4. The van der Waals surface area contributed by atoms with E-state index in [9.17, 15) is 24.3 Å². The van der Waals surface area contributed by atoms with Gasteiger partial charge in [-0.15, -0.1) is 0 Å². The molecule has 0 atom stereocenters. The summed E-state index contributed by atoms with van der Waals surface area (Å²) in [7, 11) is 0. The van der Waals surface area contributed by atoms with Crippen LogP contribution in [0.25, 0.3) is 0 Å². The largest absolute Gasteiger partial charge is 0.506 e. The van der Waals surface area contributed by atoms with Gasteiger partial charge in [0.1, 0.15) is 5.75 Å². The van der Waals surface area contributed by atoms with Crippen molar-refractivity contribution in [3.8, 4) is 5.75 Å². The number of hydrogen-bond acceptors (Lipinski definition) is 7.